The van der Waals surface area contributed by atoms with Gasteiger partial charge in [0.2, 0.25) is 4.80 Å². The lowest BCUT2D eigenvalue weighted by Gasteiger charge is -2.12. The van der Waals surface area contributed by atoms with Crippen molar-refractivity contribution in [2.45, 2.75) is 0 Å². The molecule has 0 aliphatic heterocycles. The molecule has 1 heterocycles. The SMILES string of the molecule is COc1ccc(-c2csc(=NN=Cc3ccccc3)n2-c2ccccc2)cc1OC. The first-order valence-electron chi connectivity index (χ1n) is 9.40. The molecule has 0 saturated carbocycles. The molecule has 0 aliphatic carbocycles. The summed E-state index contributed by atoms with van der Waals surface area (Å²) in [5.41, 5.74) is 4.02. The minimum absolute atomic E-state index is 0.682. The molecule has 0 amide bonds. The third kappa shape index (κ3) is 4.18. The third-order valence-electron chi connectivity index (χ3n) is 4.55. The molecule has 30 heavy (non-hydrogen) atoms. The molecular formula is C24H21N3O2S. The number of nitrogens with zero attached hydrogens (tertiary/aromatic N) is 3. The molecule has 6 heteroatoms. The van der Waals surface area contributed by atoms with E-state index in [-0.39, 0.29) is 0 Å². The molecule has 3 aromatic carbocycles. The summed E-state index contributed by atoms with van der Waals surface area (Å²) in [5.74, 6) is 1.38. The summed E-state index contributed by atoms with van der Waals surface area (Å²) in [7, 11) is 3.27. The standard InChI is InChI=1S/C24H21N3O2S/c1-28-22-14-13-19(15-23(22)29-2)21-17-30-24(27(21)20-11-7-4-8-12-20)26-25-16-18-9-5-3-6-10-18/h3-17H,1-2H3. The van der Waals surface area contributed by atoms with E-state index in [9.17, 15) is 0 Å². The molecule has 0 fully saturated rings. The van der Waals surface area contributed by atoms with Gasteiger partial charge in [0.15, 0.2) is 11.5 Å². The first kappa shape index (κ1) is 19.7. The molecule has 0 bridgehead atoms. The van der Waals surface area contributed by atoms with Crippen LogP contribution in [0.4, 0.5) is 0 Å². The highest BCUT2D eigenvalue weighted by Gasteiger charge is 2.13. The first-order valence-corrected chi connectivity index (χ1v) is 10.3. The van der Waals surface area contributed by atoms with Crippen LogP contribution in [0.1, 0.15) is 5.56 Å². The van der Waals surface area contributed by atoms with Crippen molar-refractivity contribution in [2.24, 2.45) is 10.2 Å². The number of hydrogen-bond acceptors (Lipinski definition) is 5. The molecule has 0 aliphatic rings. The Hall–Kier alpha value is -3.64. The van der Waals surface area contributed by atoms with E-state index in [2.05, 4.69) is 32.3 Å². The van der Waals surface area contributed by atoms with Crippen molar-refractivity contribution in [3.05, 3.63) is 94.6 Å². The minimum Gasteiger partial charge on any atom is -0.493 e. The number of benzene rings is 3. The van der Waals surface area contributed by atoms with Crippen molar-refractivity contribution in [3.8, 4) is 28.4 Å². The Bertz CT molecular complexity index is 1210. The quantitative estimate of drug-likeness (QED) is 0.323. The van der Waals surface area contributed by atoms with E-state index in [1.807, 2.05) is 66.7 Å². The van der Waals surface area contributed by atoms with E-state index >= 15 is 0 Å². The summed E-state index contributed by atoms with van der Waals surface area (Å²) in [6.07, 6.45) is 1.76. The predicted octanol–water partition coefficient (Wildman–Crippen LogP) is 5.16. The average molecular weight is 416 g/mol. The van der Waals surface area contributed by atoms with Crippen LogP contribution in [0.5, 0.6) is 11.5 Å². The second kappa shape index (κ2) is 9.24. The number of thiazole rings is 1. The van der Waals surface area contributed by atoms with Crippen LogP contribution >= 0.6 is 11.3 Å². The average Bonchev–Trinajstić information content (AvgIpc) is 3.23. The fraction of sp³-hybridized carbons (Fsp3) is 0.0833. The van der Waals surface area contributed by atoms with Gasteiger partial charge in [0.1, 0.15) is 0 Å². The van der Waals surface area contributed by atoms with Gasteiger partial charge in [-0.1, -0.05) is 48.5 Å². The van der Waals surface area contributed by atoms with Crippen molar-refractivity contribution in [1.29, 1.82) is 0 Å². The molecule has 0 N–H and O–H groups in total. The van der Waals surface area contributed by atoms with Crippen LogP contribution in [0, 0.1) is 0 Å². The van der Waals surface area contributed by atoms with Crippen molar-refractivity contribution in [2.75, 3.05) is 14.2 Å². The van der Waals surface area contributed by atoms with Crippen LogP contribution in [0.2, 0.25) is 0 Å². The fourth-order valence-corrected chi connectivity index (χ4v) is 3.95. The van der Waals surface area contributed by atoms with Gasteiger partial charge in [-0.15, -0.1) is 16.4 Å². The van der Waals surface area contributed by atoms with Gasteiger partial charge in [0.25, 0.3) is 0 Å². The van der Waals surface area contributed by atoms with E-state index < -0.39 is 0 Å². The smallest absolute Gasteiger partial charge is 0.215 e. The van der Waals surface area contributed by atoms with Gasteiger partial charge in [0.05, 0.1) is 26.1 Å². The summed E-state index contributed by atoms with van der Waals surface area (Å²) >= 11 is 1.53. The molecule has 4 aromatic rings. The maximum absolute atomic E-state index is 5.49. The van der Waals surface area contributed by atoms with Crippen LogP contribution in [0.3, 0.4) is 0 Å². The zero-order chi connectivity index (χ0) is 20.8. The molecule has 5 nitrogen and oxygen atoms in total. The number of ether oxygens (including phenoxy) is 2. The monoisotopic (exact) mass is 415 g/mol. The Labute approximate surface area is 179 Å². The summed E-state index contributed by atoms with van der Waals surface area (Å²) < 4.78 is 13.0. The van der Waals surface area contributed by atoms with Gasteiger partial charge in [-0.2, -0.15) is 5.10 Å². The summed E-state index contributed by atoms with van der Waals surface area (Å²) in [6.45, 7) is 0. The highest BCUT2D eigenvalue weighted by Crippen LogP contribution is 2.33. The van der Waals surface area contributed by atoms with E-state index in [4.69, 9.17) is 9.47 Å². The van der Waals surface area contributed by atoms with Crippen molar-refractivity contribution in [3.63, 3.8) is 0 Å². The van der Waals surface area contributed by atoms with Crippen LogP contribution in [0.25, 0.3) is 16.9 Å². The summed E-state index contributed by atoms with van der Waals surface area (Å²) in [6, 6.07) is 25.9. The summed E-state index contributed by atoms with van der Waals surface area (Å²) in [4.78, 5) is 0.776. The van der Waals surface area contributed by atoms with Gasteiger partial charge in [-0.3, -0.25) is 4.57 Å². The summed E-state index contributed by atoms with van der Waals surface area (Å²) in [5, 5.41) is 10.9. The zero-order valence-corrected chi connectivity index (χ0v) is 17.5. The number of methoxy groups -OCH3 is 2. The second-order valence-electron chi connectivity index (χ2n) is 6.40. The molecule has 4 rings (SSSR count). The molecule has 0 spiro atoms. The van der Waals surface area contributed by atoms with Crippen molar-refractivity contribution < 1.29 is 9.47 Å². The lowest BCUT2D eigenvalue weighted by atomic mass is 10.1. The molecule has 0 atom stereocenters. The van der Waals surface area contributed by atoms with Gasteiger partial charge in [-0.25, -0.2) is 0 Å². The van der Waals surface area contributed by atoms with Gasteiger partial charge >= 0.3 is 0 Å². The lowest BCUT2D eigenvalue weighted by molar-refractivity contribution is 0.355. The Balaban J connectivity index is 1.83. The topological polar surface area (TPSA) is 48.1 Å². The third-order valence-corrected chi connectivity index (χ3v) is 5.37. The van der Waals surface area contributed by atoms with Gasteiger partial charge in [0, 0.05) is 16.6 Å². The maximum atomic E-state index is 5.49. The van der Waals surface area contributed by atoms with E-state index in [0.29, 0.717) is 11.5 Å². The van der Waals surface area contributed by atoms with E-state index in [1.54, 1.807) is 20.4 Å². The Morgan fingerprint density at radius 2 is 1.53 bits per heavy atom. The number of aromatic nitrogens is 1. The Kier molecular flexibility index (Phi) is 6.06. The maximum Gasteiger partial charge on any atom is 0.215 e. The number of para-hydroxylation sites is 1. The first-order chi connectivity index (χ1) is 14.8. The van der Waals surface area contributed by atoms with Crippen LogP contribution < -0.4 is 14.3 Å². The van der Waals surface area contributed by atoms with Crippen LogP contribution in [-0.4, -0.2) is 25.0 Å². The largest absolute Gasteiger partial charge is 0.493 e. The molecule has 0 unspecified atom stereocenters. The number of rotatable bonds is 6. The number of hydrogen-bond donors (Lipinski definition) is 0. The second-order valence-corrected chi connectivity index (χ2v) is 7.24. The fourth-order valence-electron chi connectivity index (χ4n) is 3.09. The van der Waals surface area contributed by atoms with Crippen LogP contribution in [-0.2, 0) is 0 Å². The minimum atomic E-state index is 0.682. The molecular weight excluding hydrogens is 394 g/mol. The molecule has 0 radical (unpaired) electrons. The predicted molar refractivity (Wildman–Crippen MR) is 122 cm³/mol. The molecule has 0 saturated heterocycles. The van der Waals surface area contributed by atoms with Gasteiger partial charge in [-0.05, 0) is 35.9 Å². The van der Waals surface area contributed by atoms with Gasteiger partial charge < -0.3 is 9.47 Å². The van der Waals surface area contributed by atoms with E-state index in [0.717, 1.165) is 27.3 Å². The highest BCUT2D eigenvalue weighted by atomic mass is 32.1. The zero-order valence-electron chi connectivity index (χ0n) is 16.7. The van der Waals surface area contributed by atoms with Crippen molar-refractivity contribution >= 4 is 17.6 Å². The highest BCUT2D eigenvalue weighted by molar-refractivity contribution is 7.07. The van der Waals surface area contributed by atoms with Crippen molar-refractivity contribution in [1.82, 2.24) is 4.57 Å². The van der Waals surface area contributed by atoms with Crippen LogP contribution in [0.15, 0.2) is 94.4 Å². The lowest BCUT2D eigenvalue weighted by Crippen LogP contribution is -2.13. The van der Waals surface area contributed by atoms with E-state index in [1.165, 1.54) is 11.3 Å². The molecule has 150 valence electrons. The molecule has 1 aromatic heterocycles. The normalized spacial score (nSPS) is 11.7. The Morgan fingerprint density at radius 3 is 2.23 bits per heavy atom. The Morgan fingerprint density at radius 1 is 0.833 bits per heavy atom.